The van der Waals surface area contributed by atoms with Gasteiger partial charge >= 0.3 is 6.03 Å². The van der Waals surface area contributed by atoms with E-state index < -0.39 is 16.1 Å². The molecule has 2 fully saturated rings. The van der Waals surface area contributed by atoms with Gasteiger partial charge in [-0.15, -0.1) is 0 Å². The molecule has 2 atom stereocenters. The molecule has 2 aromatic carbocycles. The van der Waals surface area contributed by atoms with Gasteiger partial charge in [0.15, 0.2) is 0 Å². The minimum Gasteiger partial charge on any atom is -0.302 e. The molecule has 0 aliphatic carbocycles. The van der Waals surface area contributed by atoms with Crippen LogP contribution in [0.25, 0.3) is 0 Å². The molecular weight excluding hydrogens is 362 g/mol. The van der Waals surface area contributed by atoms with Gasteiger partial charge in [0, 0.05) is 19.1 Å². The summed E-state index contributed by atoms with van der Waals surface area (Å²) in [7, 11) is -3.90. The highest BCUT2D eigenvalue weighted by molar-refractivity contribution is 7.90. The molecule has 0 aromatic heterocycles. The molecule has 2 saturated heterocycles. The van der Waals surface area contributed by atoms with Gasteiger partial charge in [-0.25, -0.2) is 17.9 Å². The third-order valence-corrected chi connectivity index (χ3v) is 6.69. The van der Waals surface area contributed by atoms with Crippen molar-refractivity contribution in [2.45, 2.75) is 36.9 Å². The third-order valence-electron chi connectivity index (χ3n) is 5.35. The van der Waals surface area contributed by atoms with Crippen molar-refractivity contribution in [3.8, 4) is 0 Å². The predicted molar refractivity (Wildman–Crippen MR) is 103 cm³/mol. The van der Waals surface area contributed by atoms with Crippen LogP contribution < -0.4 is 4.72 Å². The topological polar surface area (TPSA) is 69.7 Å². The first-order valence-electron chi connectivity index (χ1n) is 9.16. The summed E-state index contributed by atoms with van der Waals surface area (Å²) in [5.74, 6) is 0. The largest absolute Gasteiger partial charge is 0.332 e. The van der Waals surface area contributed by atoms with E-state index in [0.29, 0.717) is 6.54 Å². The maximum Gasteiger partial charge on any atom is 0.332 e. The molecule has 2 aromatic rings. The van der Waals surface area contributed by atoms with Crippen molar-refractivity contribution in [2.24, 2.45) is 0 Å². The maximum absolute atomic E-state index is 12.9. The van der Waals surface area contributed by atoms with Gasteiger partial charge < -0.3 is 4.90 Å². The first kappa shape index (κ1) is 18.0. The zero-order valence-electron chi connectivity index (χ0n) is 15.2. The van der Waals surface area contributed by atoms with E-state index in [-0.39, 0.29) is 17.1 Å². The summed E-state index contributed by atoms with van der Waals surface area (Å²) in [4.78, 5) is 17.0. The van der Waals surface area contributed by atoms with Crippen molar-refractivity contribution in [3.63, 3.8) is 0 Å². The summed E-state index contributed by atoms with van der Waals surface area (Å²) in [5.41, 5.74) is 1.97. The second-order valence-electron chi connectivity index (χ2n) is 7.19. The second-order valence-corrected chi connectivity index (χ2v) is 8.88. The third kappa shape index (κ3) is 3.44. The predicted octanol–water partition coefficient (Wildman–Crippen LogP) is 2.87. The van der Waals surface area contributed by atoms with Gasteiger partial charge in [0.1, 0.15) is 6.17 Å². The van der Waals surface area contributed by atoms with Crippen molar-refractivity contribution in [1.29, 1.82) is 0 Å². The number of sulfonamides is 1. The Morgan fingerprint density at radius 2 is 1.78 bits per heavy atom. The van der Waals surface area contributed by atoms with Crippen LogP contribution in [0.5, 0.6) is 0 Å². The number of rotatable bonds is 3. The zero-order valence-corrected chi connectivity index (χ0v) is 16.0. The zero-order chi connectivity index (χ0) is 19.0. The van der Waals surface area contributed by atoms with Gasteiger partial charge in [-0.05, 0) is 37.5 Å². The fourth-order valence-corrected chi connectivity index (χ4v) is 4.98. The first-order chi connectivity index (χ1) is 13.0. The van der Waals surface area contributed by atoms with E-state index in [1.54, 1.807) is 17.0 Å². The Kier molecular flexibility index (Phi) is 4.65. The second kappa shape index (κ2) is 6.98. The normalized spacial score (nSPS) is 22.6. The van der Waals surface area contributed by atoms with E-state index >= 15 is 0 Å². The summed E-state index contributed by atoms with van der Waals surface area (Å²) in [6.45, 7) is 3.34. The number of carbonyl (C=O) groups is 1. The molecule has 1 N–H and O–H groups in total. The van der Waals surface area contributed by atoms with Gasteiger partial charge in [0.2, 0.25) is 0 Å². The van der Waals surface area contributed by atoms with Crippen molar-refractivity contribution in [3.05, 3.63) is 65.7 Å². The van der Waals surface area contributed by atoms with Crippen LogP contribution in [-0.2, 0) is 10.0 Å². The molecular formula is C20H23N3O3S. The van der Waals surface area contributed by atoms with Crippen LogP contribution in [0.3, 0.4) is 0 Å². The Hall–Kier alpha value is -2.38. The van der Waals surface area contributed by atoms with Crippen LogP contribution >= 0.6 is 0 Å². The summed E-state index contributed by atoms with van der Waals surface area (Å²) in [5, 5.41) is 0. The number of benzene rings is 2. The minimum absolute atomic E-state index is 0.0948. The molecule has 2 heterocycles. The molecule has 2 aliphatic rings. The van der Waals surface area contributed by atoms with Gasteiger partial charge in [-0.1, -0.05) is 48.0 Å². The smallest absolute Gasteiger partial charge is 0.302 e. The number of amides is 2. The quantitative estimate of drug-likeness (QED) is 0.882. The maximum atomic E-state index is 12.9. The van der Waals surface area contributed by atoms with E-state index in [9.17, 15) is 13.2 Å². The molecule has 142 valence electrons. The van der Waals surface area contributed by atoms with Gasteiger partial charge in [-0.2, -0.15) is 0 Å². The van der Waals surface area contributed by atoms with Crippen LogP contribution in [-0.4, -0.2) is 43.4 Å². The molecule has 7 heteroatoms. The summed E-state index contributed by atoms with van der Waals surface area (Å²) >= 11 is 0. The minimum atomic E-state index is -3.90. The average molecular weight is 385 g/mol. The van der Waals surface area contributed by atoms with E-state index in [2.05, 4.69) is 9.62 Å². The molecule has 0 radical (unpaired) electrons. The number of hydrogen-bond donors (Lipinski definition) is 1. The fourth-order valence-electron chi connectivity index (χ4n) is 4.02. The van der Waals surface area contributed by atoms with E-state index in [4.69, 9.17) is 0 Å². The molecule has 2 aliphatic heterocycles. The van der Waals surface area contributed by atoms with Crippen LogP contribution in [0.4, 0.5) is 4.79 Å². The Bertz CT molecular complexity index is 929. The van der Waals surface area contributed by atoms with Gasteiger partial charge in [0.05, 0.1) is 4.90 Å². The Morgan fingerprint density at radius 1 is 1.07 bits per heavy atom. The standard InChI is InChI=1S/C20H23N3O3S/c1-15-9-11-18(12-10-15)27(25,26)21-20(24)23-14-17-8-5-13-22(17)19(23)16-6-3-2-4-7-16/h2-4,6-7,9-12,17,19H,5,8,13-14H2,1H3,(H,21,24). The lowest BCUT2D eigenvalue weighted by molar-refractivity contribution is 0.149. The monoisotopic (exact) mass is 385 g/mol. The Morgan fingerprint density at radius 3 is 2.48 bits per heavy atom. The average Bonchev–Trinajstić information content (AvgIpc) is 3.23. The summed E-state index contributed by atoms with van der Waals surface area (Å²) in [6.07, 6.45) is 1.90. The van der Waals surface area contributed by atoms with Crippen molar-refractivity contribution in [1.82, 2.24) is 14.5 Å². The number of urea groups is 1. The van der Waals surface area contributed by atoms with Crippen molar-refractivity contribution in [2.75, 3.05) is 13.1 Å². The van der Waals surface area contributed by atoms with E-state index in [1.807, 2.05) is 37.3 Å². The Labute approximate surface area is 159 Å². The van der Waals surface area contributed by atoms with E-state index in [1.165, 1.54) is 12.1 Å². The Balaban J connectivity index is 1.59. The SMILES string of the molecule is Cc1ccc(S(=O)(=O)NC(=O)N2CC3CCCN3C2c2ccccc2)cc1. The molecule has 0 saturated carbocycles. The summed E-state index contributed by atoms with van der Waals surface area (Å²) in [6, 6.07) is 16.0. The lowest BCUT2D eigenvalue weighted by Crippen LogP contribution is -2.44. The fraction of sp³-hybridized carbons (Fsp3) is 0.350. The van der Waals surface area contributed by atoms with Crippen molar-refractivity contribution >= 4 is 16.1 Å². The molecule has 2 unspecified atom stereocenters. The first-order valence-corrected chi connectivity index (χ1v) is 10.6. The molecule has 27 heavy (non-hydrogen) atoms. The number of fused-ring (bicyclic) bond motifs is 1. The number of aryl methyl sites for hydroxylation is 1. The molecule has 0 spiro atoms. The highest BCUT2D eigenvalue weighted by Gasteiger charge is 2.45. The lowest BCUT2D eigenvalue weighted by Gasteiger charge is -2.29. The van der Waals surface area contributed by atoms with Crippen molar-refractivity contribution < 1.29 is 13.2 Å². The molecule has 2 amide bonds. The van der Waals surface area contributed by atoms with Gasteiger partial charge in [0.25, 0.3) is 10.0 Å². The number of hydrogen-bond acceptors (Lipinski definition) is 4. The number of carbonyl (C=O) groups excluding carboxylic acids is 1. The summed E-state index contributed by atoms with van der Waals surface area (Å²) < 4.78 is 27.5. The highest BCUT2D eigenvalue weighted by Crippen LogP contribution is 2.38. The lowest BCUT2D eigenvalue weighted by atomic mass is 10.1. The highest BCUT2D eigenvalue weighted by atomic mass is 32.2. The van der Waals surface area contributed by atoms with Crippen LogP contribution in [0.1, 0.15) is 30.1 Å². The van der Waals surface area contributed by atoms with Crippen LogP contribution in [0.2, 0.25) is 0 Å². The van der Waals surface area contributed by atoms with Gasteiger partial charge in [-0.3, -0.25) is 4.90 Å². The number of nitrogens with zero attached hydrogens (tertiary/aromatic N) is 2. The van der Waals surface area contributed by atoms with Crippen LogP contribution in [0.15, 0.2) is 59.5 Å². The van der Waals surface area contributed by atoms with Crippen LogP contribution in [0, 0.1) is 6.92 Å². The molecule has 0 bridgehead atoms. The molecule has 4 rings (SSSR count). The molecule has 6 nitrogen and oxygen atoms in total. The number of nitrogens with one attached hydrogen (secondary N) is 1. The van der Waals surface area contributed by atoms with E-state index in [0.717, 1.165) is 30.5 Å².